The minimum absolute atomic E-state index is 0.0811. The van der Waals surface area contributed by atoms with E-state index in [1.807, 2.05) is 0 Å². The average molecular weight is 184 g/mol. The lowest BCUT2D eigenvalue weighted by molar-refractivity contribution is -0.131. The van der Waals surface area contributed by atoms with Crippen molar-refractivity contribution in [1.82, 2.24) is 0 Å². The molecule has 0 amide bonds. The molecule has 68 valence electrons. The number of rotatable bonds is 2. The van der Waals surface area contributed by atoms with Crippen LogP contribution in [0.1, 0.15) is 5.56 Å². The van der Waals surface area contributed by atoms with E-state index in [0.29, 0.717) is 0 Å². The number of hydrogen-bond acceptors (Lipinski definition) is 1. The summed E-state index contributed by atoms with van der Waals surface area (Å²) in [5.74, 6) is -3.24. The molecule has 0 atom stereocenters. The third-order valence-corrected chi connectivity index (χ3v) is 1.39. The first-order chi connectivity index (χ1) is 6.11. The molecule has 0 aromatic heterocycles. The van der Waals surface area contributed by atoms with E-state index in [-0.39, 0.29) is 5.56 Å². The number of benzene rings is 1. The molecule has 0 saturated heterocycles. The summed E-state index contributed by atoms with van der Waals surface area (Å²) in [6, 6.07) is 3.56. The summed E-state index contributed by atoms with van der Waals surface area (Å²) in [6.45, 7) is 0. The molecule has 1 aromatic carbocycles. The van der Waals surface area contributed by atoms with Crippen molar-refractivity contribution in [2.75, 3.05) is 0 Å². The van der Waals surface area contributed by atoms with Gasteiger partial charge in [-0.25, -0.2) is 13.6 Å². The van der Waals surface area contributed by atoms with Gasteiger partial charge < -0.3 is 5.11 Å². The molecule has 0 bridgehead atoms. The monoisotopic (exact) mass is 184 g/mol. The summed E-state index contributed by atoms with van der Waals surface area (Å²) >= 11 is 0. The Morgan fingerprint density at radius 1 is 1.38 bits per heavy atom. The Morgan fingerprint density at radius 2 is 2.08 bits per heavy atom. The maximum atomic E-state index is 12.8. The van der Waals surface area contributed by atoms with E-state index < -0.39 is 17.6 Å². The summed E-state index contributed by atoms with van der Waals surface area (Å²) in [5.41, 5.74) is -0.0811. The lowest BCUT2D eigenvalue weighted by Crippen LogP contribution is -1.90. The highest BCUT2D eigenvalue weighted by molar-refractivity contribution is 5.85. The van der Waals surface area contributed by atoms with E-state index in [9.17, 15) is 13.6 Å². The predicted octanol–water partition coefficient (Wildman–Crippen LogP) is 2.06. The molecule has 2 nitrogen and oxygen atoms in total. The summed E-state index contributed by atoms with van der Waals surface area (Å²) in [4.78, 5) is 10.1. The fraction of sp³-hybridized carbons (Fsp3) is 0. The number of carboxylic acids is 1. The van der Waals surface area contributed by atoms with Crippen LogP contribution >= 0.6 is 0 Å². The summed E-state index contributed by atoms with van der Waals surface area (Å²) in [5, 5.41) is 8.23. The Hall–Kier alpha value is -1.71. The number of aliphatic carboxylic acids is 1. The summed E-state index contributed by atoms with van der Waals surface area (Å²) in [7, 11) is 0. The molecule has 0 saturated carbocycles. The van der Waals surface area contributed by atoms with Crippen LogP contribution in [-0.2, 0) is 4.79 Å². The molecule has 0 unspecified atom stereocenters. The second-order valence-corrected chi connectivity index (χ2v) is 2.31. The quantitative estimate of drug-likeness (QED) is 0.714. The number of halogens is 2. The van der Waals surface area contributed by atoms with Gasteiger partial charge in [0.15, 0.2) is 11.6 Å². The molecule has 1 aromatic rings. The van der Waals surface area contributed by atoms with Crippen LogP contribution in [0.4, 0.5) is 8.78 Å². The predicted molar refractivity (Wildman–Crippen MR) is 43.0 cm³/mol. The number of carboxylic acid groups (broad SMARTS) is 1. The first-order valence-electron chi connectivity index (χ1n) is 3.46. The SMILES string of the molecule is O=C(O)/C=C/c1cccc(F)c1F. The van der Waals surface area contributed by atoms with Crippen molar-refractivity contribution in [3.05, 3.63) is 41.5 Å². The minimum atomic E-state index is -1.20. The summed E-state index contributed by atoms with van der Waals surface area (Å²) in [6.07, 6.45) is 1.75. The van der Waals surface area contributed by atoms with Crippen LogP contribution in [0.25, 0.3) is 6.08 Å². The zero-order chi connectivity index (χ0) is 9.84. The van der Waals surface area contributed by atoms with Crippen LogP contribution in [0.15, 0.2) is 24.3 Å². The van der Waals surface area contributed by atoms with E-state index in [4.69, 9.17) is 5.11 Å². The van der Waals surface area contributed by atoms with Gasteiger partial charge in [0.1, 0.15) is 0 Å². The van der Waals surface area contributed by atoms with Crippen LogP contribution in [0.5, 0.6) is 0 Å². The highest BCUT2D eigenvalue weighted by Gasteiger charge is 2.04. The minimum Gasteiger partial charge on any atom is -0.478 e. The van der Waals surface area contributed by atoms with E-state index in [1.165, 1.54) is 12.1 Å². The van der Waals surface area contributed by atoms with Crippen LogP contribution in [0.2, 0.25) is 0 Å². The molecular weight excluding hydrogens is 178 g/mol. The van der Waals surface area contributed by atoms with Crippen LogP contribution < -0.4 is 0 Å². The van der Waals surface area contributed by atoms with Gasteiger partial charge in [0.25, 0.3) is 0 Å². The standard InChI is InChI=1S/C9H6F2O2/c10-7-3-1-2-6(9(7)11)4-5-8(12)13/h1-5H,(H,12,13)/b5-4+. The smallest absolute Gasteiger partial charge is 0.328 e. The van der Waals surface area contributed by atoms with E-state index in [2.05, 4.69) is 0 Å². The lowest BCUT2D eigenvalue weighted by Gasteiger charge is -1.95. The van der Waals surface area contributed by atoms with Gasteiger partial charge in [-0.05, 0) is 12.1 Å². The van der Waals surface area contributed by atoms with Crippen molar-refractivity contribution < 1.29 is 18.7 Å². The van der Waals surface area contributed by atoms with Crippen molar-refractivity contribution in [2.45, 2.75) is 0 Å². The maximum absolute atomic E-state index is 12.8. The van der Waals surface area contributed by atoms with Crippen molar-refractivity contribution in [1.29, 1.82) is 0 Å². The fourth-order valence-corrected chi connectivity index (χ4v) is 0.810. The van der Waals surface area contributed by atoms with Crippen LogP contribution in [0, 0.1) is 11.6 Å². The second kappa shape index (κ2) is 3.80. The zero-order valence-electron chi connectivity index (χ0n) is 6.50. The Morgan fingerprint density at radius 3 is 2.69 bits per heavy atom. The zero-order valence-corrected chi connectivity index (χ0v) is 6.50. The topological polar surface area (TPSA) is 37.3 Å². The molecule has 13 heavy (non-hydrogen) atoms. The third-order valence-electron chi connectivity index (χ3n) is 1.39. The van der Waals surface area contributed by atoms with Crippen LogP contribution in [0.3, 0.4) is 0 Å². The van der Waals surface area contributed by atoms with Crippen molar-refractivity contribution >= 4 is 12.0 Å². The molecule has 0 fully saturated rings. The Balaban J connectivity index is 3.02. The molecule has 1 N–H and O–H groups in total. The fourth-order valence-electron chi connectivity index (χ4n) is 0.810. The maximum Gasteiger partial charge on any atom is 0.328 e. The second-order valence-electron chi connectivity index (χ2n) is 2.31. The first-order valence-corrected chi connectivity index (χ1v) is 3.46. The summed E-state index contributed by atoms with van der Waals surface area (Å²) < 4.78 is 25.4. The van der Waals surface area contributed by atoms with E-state index in [0.717, 1.165) is 18.2 Å². The van der Waals surface area contributed by atoms with Crippen molar-refractivity contribution in [3.63, 3.8) is 0 Å². The van der Waals surface area contributed by atoms with Gasteiger partial charge in [-0.2, -0.15) is 0 Å². The van der Waals surface area contributed by atoms with Gasteiger partial charge in [0.05, 0.1) is 0 Å². The highest BCUT2D eigenvalue weighted by Crippen LogP contribution is 2.12. The van der Waals surface area contributed by atoms with Gasteiger partial charge in [0, 0.05) is 11.6 Å². The number of carbonyl (C=O) groups is 1. The van der Waals surface area contributed by atoms with E-state index >= 15 is 0 Å². The van der Waals surface area contributed by atoms with E-state index in [1.54, 1.807) is 0 Å². The van der Waals surface area contributed by atoms with Gasteiger partial charge >= 0.3 is 5.97 Å². The van der Waals surface area contributed by atoms with Gasteiger partial charge in [-0.1, -0.05) is 12.1 Å². The Kier molecular flexibility index (Phi) is 2.74. The van der Waals surface area contributed by atoms with Crippen LogP contribution in [-0.4, -0.2) is 11.1 Å². The molecule has 1 rings (SSSR count). The molecule has 0 aliphatic carbocycles. The molecule has 0 radical (unpaired) electrons. The molecule has 0 heterocycles. The Labute approximate surface area is 73.1 Å². The Bertz CT molecular complexity index is 359. The van der Waals surface area contributed by atoms with Gasteiger partial charge in [0.2, 0.25) is 0 Å². The molecule has 0 aliphatic heterocycles. The van der Waals surface area contributed by atoms with Crippen molar-refractivity contribution in [3.8, 4) is 0 Å². The van der Waals surface area contributed by atoms with Gasteiger partial charge in [-0.15, -0.1) is 0 Å². The number of hydrogen-bond donors (Lipinski definition) is 1. The molecule has 0 spiro atoms. The normalized spacial score (nSPS) is 10.6. The highest BCUT2D eigenvalue weighted by atomic mass is 19.2. The molecular formula is C9H6F2O2. The van der Waals surface area contributed by atoms with Crippen molar-refractivity contribution in [2.24, 2.45) is 0 Å². The molecule has 0 aliphatic rings. The van der Waals surface area contributed by atoms with Gasteiger partial charge in [-0.3, -0.25) is 0 Å². The average Bonchev–Trinajstić information content (AvgIpc) is 2.07. The third kappa shape index (κ3) is 2.37. The largest absolute Gasteiger partial charge is 0.478 e. The first kappa shape index (κ1) is 9.38. The lowest BCUT2D eigenvalue weighted by atomic mass is 10.2. The molecule has 4 heteroatoms.